The van der Waals surface area contributed by atoms with Gasteiger partial charge in [0.15, 0.2) is 0 Å². The van der Waals surface area contributed by atoms with Gasteiger partial charge in [0.1, 0.15) is 0 Å². The van der Waals surface area contributed by atoms with Gasteiger partial charge in [-0.25, -0.2) is 0 Å². The van der Waals surface area contributed by atoms with Crippen LogP contribution in [0.4, 0.5) is 0 Å². The van der Waals surface area contributed by atoms with Crippen LogP contribution in [0.3, 0.4) is 0 Å². The first-order valence-electron chi connectivity index (χ1n) is 6.33. The third-order valence-corrected chi connectivity index (χ3v) is 1.99. The van der Waals surface area contributed by atoms with Crippen molar-refractivity contribution >= 4 is 0 Å². The molecule has 0 spiro atoms. The molecule has 1 N–H and O–H groups in total. The Morgan fingerprint density at radius 2 is 1.36 bits per heavy atom. The Morgan fingerprint density at radius 3 is 1.64 bits per heavy atom. The highest BCUT2D eigenvalue weighted by Crippen LogP contribution is 2.17. The molecular formula is C13H33N. The van der Waals surface area contributed by atoms with E-state index in [0.29, 0.717) is 5.41 Å². The Bertz CT molecular complexity index is 77.3. The van der Waals surface area contributed by atoms with Crippen LogP contribution in [0.1, 0.15) is 68.2 Å². The monoisotopic (exact) mass is 203 g/mol. The molecule has 0 aliphatic rings. The maximum atomic E-state index is 3.43. The lowest BCUT2D eigenvalue weighted by Crippen LogP contribution is -2.29. The maximum Gasteiger partial charge on any atom is 0.000241 e. The van der Waals surface area contributed by atoms with Crippen LogP contribution in [0, 0.1) is 5.41 Å². The highest BCUT2D eigenvalue weighted by Gasteiger charge is 2.12. The highest BCUT2D eigenvalue weighted by atomic mass is 14.9. The lowest BCUT2D eigenvalue weighted by atomic mass is 9.90. The average Bonchev–Trinajstić information content (AvgIpc) is 2.24. The van der Waals surface area contributed by atoms with Crippen LogP contribution in [0.15, 0.2) is 0 Å². The van der Waals surface area contributed by atoms with Gasteiger partial charge < -0.3 is 5.32 Å². The van der Waals surface area contributed by atoms with Crippen molar-refractivity contribution in [1.82, 2.24) is 5.32 Å². The zero-order valence-corrected chi connectivity index (χ0v) is 11.8. The smallest absolute Gasteiger partial charge is 0.000241 e. The quantitative estimate of drug-likeness (QED) is 0.650. The summed E-state index contributed by atoms with van der Waals surface area (Å²) in [4.78, 5) is 0. The van der Waals surface area contributed by atoms with Crippen LogP contribution in [0.2, 0.25) is 0 Å². The summed E-state index contributed by atoms with van der Waals surface area (Å²) in [5.74, 6) is 0. The summed E-state index contributed by atoms with van der Waals surface area (Å²) in [5.41, 5.74) is 0.481. The van der Waals surface area contributed by atoms with Crippen LogP contribution >= 0.6 is 0 Å². The summed E-state index contributed by atoms with van der Waals surface area (Å²) in [6, 6.07) is 0. The Hall–Kier alpha value is -0.0400. The van der Waals surface area contributed by atoms with Gasteiger partial charge in [0, 0.05) is 6.54 Å². The van der Waals surface area contributed by atoms with Crippen molar-refractivity contribution in [3.05, 3.63) is 0 Å². The van der Waals surface area contributed by atoms with E-state index in [1.165, 1.54) is 12.8 Å². The van der Waals surface area contributed by atoms with Crippen molar-refractivity contribution in [2.45, 2.75) is 68.2 Å². The molecule has 0 aromatic carbocycles. The lowest BCUT2D eigenvalue weighted by molar-refractivity contribution is 0.329. The highest BCUT2D eigenvalue weighted by molar-refractivity contribution is 4.68. The fourth-order valence-corrected chi connectivity index (χ4v) is 0.729. The van der Waals surface area contributed by atoms with E-state index in [1.54, 1.807) is 0 Å². The zero-order valence-electron chi connectivity index (χ0n) is 11.8. The predicted molar refractivity (Wildman–Crippen MR) is 69.9 cm³/mol. The Kier molecular flexibility index (Phi) is 21.5. The van der Waals surface area contributed by atoms with Crippen molar-refractivity contribution < 1.29 is 0 Å². The van der Waals surface area contributed by atoms with Crippen molar-refractivity contribution in [1.29, 1.82) is 0 Å². The van der Waals surface area contributed by atoms with Gasteiger partial charge in [0.2, 0.25) is 0 Å². The summed E-state index contributed by atoms with van der Waals surface area (Å²) >= 11 is 0. The predicted octanol–water partition coefficient (Wildman–Crippen LogP) is 4.47. The SMILES string of the molecule is CC.CC.CCCNCC(C)(C)CC. The van der Waals surface area contributed by atoms with Gasteiger partial charge in [-0.1, -0.05) is 55.4 Å². The Labute approximate surface area is 92.7 Å². The minimum absolute atomic E-state index is 0.481. The van der Waals surface area contributed by atoms with Crippen molar-refractivity contribution in [3.8, 4) is 0 Å². The standard InChI is InChI=1S/C9H21N.2C2H6/c1-5-7-10-8-9(3,4)6-2;2*1-2/h10H,5-8H2,1-4H3;2*1-2H3. The lowest BCUT2D eigenvalue weighted by Gasteiger charge is -2.22. The van der Waals surface area contributed by atoms with Crippen LogP contribution in [0.5, 0.6) is 0 Å². The topological polar surface area (TPSA) is 12.0 Å². The number of nitrogens with one attached hydrogen (secondary N) is 1. The molecule has 0 saturated heterocycles. The van der Waals surface area contributed by atoms with E-state index < -0.39 is 0 Å². The number of hydrogen-bond acceptors (Lipinski definition) is 1. The summed E-state index contributed by atoms with van der Waals surface area (Å²) in [7, 11) is 0. The molecule has 14 heavy (non-hydrogen) atoms. The molecule has 0 unspecified atom stereocenters. The average molecular weight is 203 g/mol. The molecule has 1 heteroatoms. The van der Waals surface area contributed by atoms with E-state index >= 15 is 0 Å². The summed E-state index contributed by atoms with van der Waals surface area (Å²) in [6.45, 7) is 19.4. The molecule has 0 aliphatic heterocycles. The molecule has 0 amide bonds. The second-order valence-corrected chi connectivity index (χ2v) is 3.69. The molecule has 0 aromatic heterocycles. The summed E-state index contributed by atoms with van der Waals surface area (Å²) < 4.78 is 0. The van der Waals surface area contributed by atoms with Crippen molar-refractivity contribution in [3.63, 3.8) is 0 Å². The molecule has 0 heterocycles. The molecule has 0 fully saturated rings. The minimum atomic E-state index is 0.481. The molecule has 1 nitrogen and oxygen atoms in total. The molecule has 0 rings (SSSR count). The Morgan fingerprint density at radius 1 is 0.929 bits per heavy atom. The van der Waals surface area contributed by atoms with Gasteiger partial charge in [-0.2, -0.15) is 0 Å². The molecule has 0 atom stereocenters. The molecular weight excluding hydrogens is 170 g/mol. The first-order chi connectivity index (χ1) is 6.62. The molecule has 0 aliphatic carbocycles. The van der Waals surface area contributed by atoms with Gasteiger partial charge in [0.05, 0.1) is 0 Å². The second kappa shape index (κ2) is 15.4. The van der Waals surface area contributed by atoms with E-state index in [1.807, 2.05) is 27.7 Å². The maximum absolute atomic E-state index is 3.43. The molecule has 0 radical (unpaired) electrons. The minimum Gasteiger partial charge on any atom is -0.316 e. The number of rotatable bonds is 5. The third-order valence-electron chi connectivity index (χ3n) is 1.99. The van der Waals surface area contributed by atoms with Gasteiger partial charge in [-0.3, -0.25) is 0 Å². The van der Waals surface area contributed by atoms with Gasteiger partial charge in [0.25, 0.3) is 0 Å². The fourth-order valence-electron chi connectivity index (χ4n) is 0.729. The van der Waals surface area contributed by atoms with E-state index in [0.717, 1.165) is 13.1 Å². The molecule has 0 bridgehead atoms. The van der Waals surface area contributed by atoms with Crippen LogP contribution in [-0.4, -0.2) is 13.1 Å². The van der Waals surface area contributed by atoms with Crippen molar-refractivity contribution in [2.24, 2.45) is 5.41 Å². The summed E-state index contributed by atoms with van der Waals surface area (Å²) in [6.07, 6.45) is 2.49. The molecule has 0 aromatic rings. The van der Waals surface area contributed by atoms with E-state index in [-0.39, 0.29) is 0 Å². The van der Waals surface area contributed by atoms with Gasteiger partial charge >= 0.3 is 0 Å². The largest absolute Gasteiger partial charge is 0.316 e. The van der Waals surface area contributed by atoms with E-state index in [2.05, 4.69) is 33.0 Å². The first kappa shape index (κ1) is 19.5. The van der Waals surface area contributed by atoms with E-state index in [9.17, 15) is 0 Å². The molecule has 0 saturated carbocycles. The zero-order chi connectivity index (χ0) is 12.0. The second-order valence-electron chi connectivity index (χ2n) is 3.69. The van der Waals surface area contributed by atoms with Crippen LogP contribution < -0.4 is 5.32 Å². The normalized spacial score (nSPS) is 9.43. The first-order valence-corrected chi connectivity index (χ1v) is 6.33. The van der Waals surface area contributed by atoms with Crippen molar-refractivity contribution in [2.75, 3.05) is 13.1 Å². The number of hydrogen-bond donors (Lipinski definition) is 1. The van der Waals surface area contributed by atoms with Gasteiger partial charge in [-0.15, -0.1) is 0 Å². The Balaban J connectivity index is -0.000000266. The summed E-state index contributed by atoms with van der Waals surface area (Å²) in [5, 5.41) is 3.43. The van der Waals surface area contributed by atoms with Gasteiger partial charge in [-0.05, 0) is 24.8 Å². The van der Waals surface area contributed by atoms with Crippen LogP contribution in [-0.2, 0) is 0 Å². The fraction of sp³-hybridized carbons (Fsp3) is 1.00. The third kappa shape index (κ3) is 17.9. The molecule has 90 valence electrons. The van der Waals surface area contributed by atoms with Crippen LogP contribution in [0.25, 0.3) is 0 Å². The van der Waals surface area contributed by atoms with E-state index in [4.69, 9.17) is 0 Å².